The van der Waals surface area contributed by atoms with E-state index in [9.17, 15) is 4.79 Å². The molecule has 0 spiro atoms. The third-order valence-corrected chi connectivity index (χ3v) is 3.60. The molecule has 6 heteroatoms. The van der Waals surface area contributed by atoms with Crippen LogP contribution in [0.25, 0.3) is 0 Å². The number of hydrogen-bond donors (Lipinski definition) is 2. The minimum Gasteiger partial charge on any atom is -0.465 e. The monoisotopic (exact) mass is 265 g/mol. The molecular formula is C13H19N3O3. The minimum absolute atomic E-state index is 0.0392. The number of anilines is 2. The lowest BCUT2D eigenvalue weighted by Gasteiger charge is -2.30. The predicted molar refractivity (Wildman–Crippen MR) is 72.0 cm³/mol. The van der Waals surface area contributed by atoms with E-state index in [0.29, 0.717) is 23.7 Å². The summed E-state index contributed by atoms with van der Waals surface area (Å²) >= 11 is 0. The Morgan fingerprint density at radius 2 is 2.42 bits per heavy atom. The van der Waals surface area contributed by atoms with Gasteiger partial charge in [-0.15, -0.1) is 0 Å². The quantitative estimate of drug-likeness (QED) is 0.804. The van der Waals surface area contributed by atoms with Crippen LogP contribution in [0.3, 0.4) is 0 Å². The van der Waals surface area contributed by atoms with E-state index in [0.717, 1.165) is 6.42 Å². The van der Waals surface area contributed by atoms with Crippen LogP contribution in [0.2, 0.25) is 0 Å². The van der Waals surface area contributed by atoms with Gasteiger partial charge in [-0.25, -0.2) is 9.78 Å². The Morgan fingerprint density at radius 1 is 1.68 bits per heavy atom. The van der Waals surface area contributed by atoms with E-state index in [4.69, 9.17) is 15.2 Å². The summed E-state index contributed by atoms with van der Waals surface area (Å²) in [6, 6.07) is 1.56. The molecule has 1 aliphatic rings. The summed E-state index contributed by atoms with van der Waals surface area (Å²) in [6.07, 6.45) is 2.40. The molecule has 0 radical (unpaired) electrons. The minimum atomic E-state index is -0.461. The Morgan fingerprint density at radius 3 is 3.00 bits per heavy atom. The fourth-order valence-corrected chi connectivity index (χ4v) is 2.12. The van der Waals surface area contributed by atoms with Gasteiger partial charge >= 0.3 is 5.97 Å². The highest BCUT2D eigenvalue weighted by atomic mass is 16.5. The van der Waals surface area contributed by atoms with E-state index in [2.05, 4.69) is 10.3 Å². The molecule has 0 amide bonds. The zero-order chi connectivity index (χ0) is 14.0. The lowest BCUT2D eigenvalue weighted by Crippen LogP contribution is -2.42. The van der Waals surface area contributed by atoms with Gasteiger partial charge < -0.3 is 20.5 Å². The van der Waals surface area contributed by atoms with E-state index >= 15 is 0 Å². The van der Waals surface area contributed by atoms with Crippen LogP contribution in [-0.2, 0) is 9.47 Å². The Kier molecular flexibility index (Phi) is 3.61. The molecule has 1 aliphatic heterocycles. The van der Waals surface area contributed by atoms with Crippen molar-refractivity contribution in [3.63, 3.8) is 0 Å². The number of aromatic nitrogens is 1. The second kappa shape index (κ2) is 5.05. The maximum atomic E-state index is 11.8. The Labute approximate surface area is 112 Å². The van der Waals surface area contributed by atoms with Crippen molar-refractivity contribution in [2.75, 3.05) is 24.8 Å². The van der Waals surface area contributed by atoms with E-state index < -0.39 is 5.97 Å². The molecule has 2 heterocycles. The van der Waals surface area contributed by atoms with E-state index in [-0.39, 0.29) is 11.6 Å². The summed E-state index contributed by atoms with van der Waals surface area (Å²) < 4.78 is 10.3. The molecule has 2 atom stereocenters. The summed E-state index contributed by atoms with van der Waals surface area (Å²) in [5, 5.41) is 3.29. The van der Waals surface area contributed by atoms with Gasteiger partial charge in [-0.3, -0.25) is 0 Å². The summed E-state index contributed by atoms with van der Waals surface area (Å²) in [5.41, 5.74) is 6.17. The molecule has 0 aliphatic carbocycles. The smallest absolute Gasteiger partial charge is 0.341 e. The number of nitrogens with two attached hydrogens (primary N) is 1. The summed E-state index contributed by atoms with van der Waals surface area (Å²) in [4.78, 5) is 16.0. The largest absolute Gasteiger partial charge is 0.465 e. The predicted octanol–water partition coefficient (Wildman–Crippen LogP) is 1.43. The molecule has 104 valence electrons. The SMILES string of the molecule is COC(=O)c1cc(N)cnc1NC1(C)CCOC1C. The maximum absolute atomic E-state index is 11.8. The van der Waals surface area contributed by atoms with E-state index in [1.807, 2.05) is 13.8 Å². The van der Waals surface area contributed by atoms with Crippen molar-refractivity contribution in [1.29, 1.82) is 0 Å². The molecule has 3 N–H and O–H groups in total. The molecule has 1 fully saturated rings. The number of ether oxygens (including phenoxy) is 2. The van der Waals surface area contributed by atoms with Gasteiger partial charge in [0.15, 0.2) is 0 Å². The highest BCUT2D eigenvalue weighted by molar-refractivity contribution is 5.95. The van der Waals surface area contributed by atoms with Crippen molar-refractivity contribution in [2.24, 2.45) is 0 Å². The molecule has 0 aromatic carbocycles. The van der Waals surface area contributed by atoms with Gasteiger partial charge in [-0.05, 0) is 26.3 Å². The van der Waals surface area contributed by atoms with Crippen LogP contribution < -0.4 is 11.1 Å². The van der Waals surface area contributed by atoms with Crippen molar-refractivity contribution < 1.29 is 14.3 Å². The lowest BCUT2D eigenvalue weighted by atomic mass is 9.94. The number of carbonyl (C=O) groups is 1. The van der Waals surface area contributed by atoms with Gasteiger partial charge in [-0.1, -0.05) is 0 Å². The first-order chi connectivity index (χ1) is 8.96. The van der Waals surface area contributed by atoms with Crippen molar-refractivity contribution in [3.05, 3.63) is 17.8 Å². The van der Waals surface area contributed by atoms with Crippen molar-refractivity contribution in [3.8, 4) is 0 Å². The number of rotatable bonds is 3. The maximum Gasteiger partial charge on any atom is 0.341 e. The molecule has 0 saturated carbocycles. The molecule has 2 unspecified atom stereocenters. The summed E-state index contributed by atoms with van der Waals surface area (Å²) in [5.74, 6) is 0.0124. The van der Waals surface area contributed by atoms with Gasteiger partial charge in [0.2, 0.25) is 0 Å². The molecular weight excluding hydrogens is 246 g/mol. The number of pyridine rings is 1. The molecule has 0 bridgehead atoms. The highest BCUT2D eigenvalue weighted by Gasteiger charge is 2.38. The van der Waals surface area contributed by atoms with Crippen LogP contribution in [0.1, 0.15) is 30.6 Å². The number of hydrogen-bond acceptors (Lipinski definition) is 6. The van der Waals surface area contributed by atoms with E-state index in [1.165, 1.54) is 13.3 Å². The Balaban J connectivity index is 2.32. The fourth-order valence-electron chi connectivity index (χ4n) is 2.12. The van der Waals surface area contributed by atoms with Gasteiger partial charge in [0.25, 0.3) is 0 Å². The number of methoxy groups -OCH3 is 1. The van der Waals surface area contributed by atoms with Gasteiger partial charge in [0.1, 0.15) is 11.4 Å². The average Bonchev–Trinajstić information content (AvgIpc) is 2.71. The van der Waals surface area contributed by atoms with Gasteiger partial charge in [0, 0.05) is 6.61 Å². The number of nitrogens with zero attached hydrogens (tertiary/aromatic N) is 1. The number of nitrogens with one attached hydrogen (secondary N) is 1. The molecule has 1 saturated heterocycles. The first-order valence-corrected chi connectivity index (χ1v) is 6.20. The zero-order valence-electron chi connectivity index (χ0n) is 11.4. The highest BCUT2D eigenvalue weighted by Crippen LogP contribution is 2.30. The van der Waals surface area contributed by atoms with Gasteiger partial charge in [0.05, 0.1) is 30.6 Å². The molecule has 2 rings (SSSR count). The molecule has 1 aromatic heterocycles. The normalized spacial score (nSPS) is 26.2. The van der Waals surface area contributed by atoms with Crippen LogP contribution in [0.15, 0.2) is 12.3 Å². The van der Waals surface area contributed by atoms with Gasteiger partial charge in [-0.2, -0.15) is 0 Å². The second-order valence-corrected chi connectivity index (χ2v) is 4.96. The van der Waals surface area contributed by atoms with E-state index in [1.54, 1.807) is 6.07 Å². The van der Waals surface area contributed by atoms with Crippen LogP contribution in [0, 0.1) is 0 Å². The summed E-state index contributed by atoms with van der Waals surface area (Å²) in [6.45, 7) is 4.73. The molecule has 1 aromatic rings. The van der Waals surface area contributed by atoms with Crippen LogP contribution in [0.4, 0.5) is 11.5 Å². The fraction of sp³-hybridized carbons (Fsp3) is 0.538. The molecule has 19 heavy (non-hydrogen) atoms. The second-order valence-electron chi connectivity index (χ2n) is 4.96. The van der Waals surface area contributed by atoms with Crippen molar-refractivity contribution >= 4 is 17.5 Å². The summed E-state index contributed by atoms with van der Waals surface area (Å²) in [7, 11) is 1.33. The zero-order valence-corrected chi connectivity index (χ0v) is 11.4. The number of nitrogen functional groups attached to an aromatic ring is 1. The first kappa shape index (κ1) is 13.6. The third-order valence-electron chi connectivity index (χ3n) is 3.60. The third kappa shape index (κ3) is 2.63. The molecule has 6 nitrogen and oxygen atoms in total. The Hall–Kier alpha value is -1.82. The van der Waals surface area contributed by atoms with Crippen LogP contribution >= 0.6 is 0 Å². The van der Waals surface area contributed by atoms with Crippen molar-refractivity contribution in [1.82, 2.24) is 4.98 Å². The van der Waals surface area contributed by atoms with Crippen LogP contribution in [0.5, 0.6) is 0 Å². The average molecular weight is 265 g/mol. The Bertz CT molecular complexity index is 492. The number of carbonyl (C=O) groups excluding carboxylic acids is 1. The lowest BCUT2D eigenvalue weighted by molar-refractivity contribution is 0.0601. The van der Waals surface area contributed by atoms with Crippen molar-refractivity contribution in [2.45, 2.75) is 31.9 Å². The topological polar surface area (TPSA) is 86.5 Å². The first-order valence-electron chi connectivity index (χ1n) is 6.20. The van der Waals surface area contributed by atoms with Crippen LogP contribution in [-0.4, -0.2) is 36.3 Å². The number of esters is 1. The standard InChI is InChI=1S/C13H19N3O3/c1-8-13(2,4-5-19-8)16-11-10(12(17)18-3)6-9(14)7-15-11/h6-8H,4-5,14H2,1-3H3,(H,15,16).